The largest absolute Gasteiger partial charge is 0.353 e. The van der Waals surface area contributed by atoms with E-state index >= 15 is 0 Å². The molecule has 1 atom stereocenters. The van der Waals surface area contributed by atoms with Gasteiger partial charge >= 0.3 is 0 Å². The minimum Gasteiger partial charge on any atom is -0.353 e. The second-order valence-electron chi connectivity index (χ2n) is 4.86. The lowest BCUT2D eigenvalue weighted by Crippen LogP contribution is -2.54. The fourth-order valence-corrected chi connectivity index (χ4v) is 1.62. The molecule has 0 aliphatic heterocycles. The van der Waals surface area contributed by atoms with E-state index in [1.807, 2.05) is 13.8 Å². The van der Waals surface area contributed by atoms with Crippen LogP contribution in [0, 0.1) is 0 Å². The van der Waals surface area contributed by atoms with Crippen molar-refractivity contribution in [1.29, 1.82) is 0 Å². The SMILES string of the molecule is CCC(C)N(C)CCNC(=O)C(N)(CC)CC. The number of likely N-dealkylation sites (N-methyl/N-ethyl adjacent to an activating group) is 1. The van der Waals surface area contributed by atoms with Crippen molar-refractivity contribution in [3.63, 3.8) is 0 Å². The molecule has 4 heteroatoms. The minimum absolute atomic E-state index is 0.0277. The molecule has 0 fully saturated rings. The van der Waals surface area contributed by atoms with Gasteiger partial charge in [-0.25, -0.2) is 0 Å². The summed E-state index contributed by atoms with van der Waals surface area (Å²) in [6, 6.07) is 0.548. The molecule has 0 aromatic heterocycles. The molecular formula is C13H29N3O. The predicted molar refractivity (Wildman–Crippen MR) is 72.9 cm³/mol. The average molecular weight is 243 g/mol. The van der Waals surface area contributed by atoms with Gasteiger partial charge < -0.3 is 16.0 Å². The summed E-state index contributed by atoms with van der Waals surface area (Å²) in [5.74, 6) is -0.0277. The molecule has 0 aliphatic carbocycles. The molecule has 102 valence electrons. The fraction of sp³-hybridized carbons (Fsp3) is 0.923. The molecule has 1 unspecified atom stereocenters. The molecule has 3 N–H and O–H groups in total. The van der Waals surface area contributed by atoms with E-state index in [2.05, 4.69) is 31.1 Å². The highest BCUT2D eigenvalue weighted by atomic mass is 16.2. The van der Waals surface area contributed by atoms with Gasteiger partial charge in [0.15, 0.2) is 0 Å². The summed E-state index contributed by atoms with van der Waals surface area (Å²) in [5.41, 5.74) is 5.32. The molecule has 17 heavy (non-hydrogen) atoms. The maximum absolute atomic E-state index is 11.9. The minimum atomic E-state index is -0.699. The highest BCUT2D eigenvalue weighted by molar-refractivity contribution is 5.85. The van der Waals surface area contributed by atoms with Crippen molar-refractivity contribution in [3.05, 3.63) is 0 Å². The smallest absolute Gasteiger partial charge is 0.240 e. The van der Waals surface area contributed by atoms with Gasteiger partial charge in [-0.15, -0.1) is 0 Å². The molecule has 0 heterocycles. The number of carbonyl (C=O) groups is 1. The average Bonchev–Trinajstić information content (AvgIpc) is 2.36. The van der Waals surface area contributed by atoms with Crippen molar-refractivity contribution in [2.75, 3.05) is 20.1 Å². The topological polar surface area (TPSA) is 58.4 Å². The summed E-state index contributed by atoms with van der Waals surface area (Å²) < 4.78 is 0. The molecule has 0 aliphatic rings. The van der Waals surface area contributed by atoms with Crippen molar-refractivity contribution >= 4 is 5.91 Å². The van der Waals surface area contributed by atoms with Crippen LogP contribution in [0.25, 0.3) is 0 Å². The van der Waals surface area contributed by atoms with Gasteiger partial charge in [0, 0.05) is 19.1 Å². The Bertz CT molecular complexity index is 227. The second-order valence-corrected chi connectivity index (χ2v) is 4.86. The van der Waals surface area contributed by atoms with Crippen LogP contribution in [0.4, 0.5) is 0 Å². The quantitative estimate of drug-likeness (QED) is 0.676. The third-order valence-corrected chi connectivity index (χ3v) is 3.81. The summed E-state index contributed by atoms with van der Waals surface area (Å²) in [4.78, 5) is 14.1. The van der Waals surface area contributed by atoms with Crippen LogP contribution < -0.4 is 11.1 Å². The zero-order valence-electron chi connectivity index (χ0n) is 12.0. The lowest BCUT2D eigenvalue weighted by molar-refractivity contribution is -0.126. The van der Waals surface area contributed by atoms with Gasteiger partial charge in [0.05, 0.1) is 5.54 Å². The van der Waals surface area contributed by atoms with Gasteiger partial charge in [0.2, 0.25) is 5.91 Å². The zero-order chi connectivity index (χ0) is 13.5. The van der Waals surface area contributed by atoms with Crippen LogP contribution in [-0.2, 0) is 4.79 Å². The Kier molecular flexibility index (Phi) is 7.39. The molecule has 0 spiro atoms. The zero-order valence-corrected chi connectivity index (χ0v) is 12.0. The summed E-state index contributed by atoms with van der Waals surface area (Å²) in [7, 11) is 2.08. The monoisotopic (exact) mass is 243 g/mol. The van der Waals surface area contributed by atoms with Crippen molar-refractivity contribution in [2.45, 2.75) is 58.5 Å². The standard InChI is InChI=1S/C13H29N3O/c1-6-11(4)16(5)10-9-15-12(17)13(14,7-2)8-3/h11H,6-10,14H2,1-5H3,(H,15,17). The molecule has 0 aromatic rings. The Hall–Kier alpha value is -0.610. The Morgan fingerprint density at radius 1 is 1.35 bits per heavy atom. The maximum Gasteiger partial charge on any atom is 0.240 e. The Labute approximate surface area is 106 Å². The molecule has 0 saturated carbocycles. The van der Waals surface area contributed by atoms with Gasteiger partial charge in [-0.2, -0.15) is 0 Å². The summed E-state index contributed by atoms with van der Waals surface area (Å²) >= 11 is 0. The Morgan fingerprint density at radius 3 is 2.29 bits per heavy atom. The van der Waals surface area contributed by atoms with Gasteiger partial charge in [0.25, 0.3) is 0 Å². The van der Waals surface area contributed by atoms with Crippen LogP contribution in [0.3, 0.4) is 0 Å². The number of rotatable bonds is 8. The molecule has 0 aromatic carbocycles. The first-order valence-corrected chi connectivity index (χ1v) is 6.68. The summed E-state index contributed by atoms with van der Waals surface area (Å²) in [6.07, 6.45) is 2.47. The highest BCUT2D eigenvalue weighted by Crippen LogP contribution is 2.10. The lowest BCUT2D eigenvalue weighted by Gasteiger charge is -2.27. The van der Waals surface area contributed by atoms with E-state index in [1.54, 1.807) is 0 Å². The number of nitrogens with two attached hydrogens (primary N) is 1. The summed E-state index contributed by atoms with van der Waals surface area (Å²) in [6.45, 7) is 9.79. The number of carbonyl (C=O) groups excluding carboxylic acids is 1. The first-order chi connectivity index (χ1) is 7.91. The van der Waals surface area contributed by atoms with Crippen LogP contribution in [0.2, 0.25) is 0 Å². The third kappa shape index (κ3) is 5.04. The third-order valence-electron chi connectivity index (χ3n) is 3.81. The lowest BCUT2D eigenvalue weighted by atomic mass is 9.93. The fourth-order valence-electron chi connectivity index (χ4n) is 1.62. The molecule has 0 rings (SSSR count). The predicted octanol–water partition coefficient (Wildman–Crippen LogP) is 1.35. The van der Waals surface area contributed by atoms with E-state index in [0.29, 0.717) is 25.4 Å². The molecule has 1 amide bonds. The molecule has 4 nitrogen and oxygen atoms in total. The van der Waals surface area contributed by atoms with Gasteiger partial charge in [-0.3, -0.25) is 4.79 Å². The first-order valence-electron chi connectivity index (χ1n) is 6.68. The number of hydrogen-bond donors (Lipinski definition) is 2. The highest BCUT2D eigenvalue weighted by Gasteiger charge is 2.29. The van der Waals surface area contributed by atoms with Crippen molar-refractivity contribution < 1.29 is 4.79 Å². The van der Waals surface area contributed by atoms with Crippen molar-refractivity contribution in [3.8, 4) is 0 Å². The number of amides is 1. The van der Waals surface area contributed by atoms with E-state index in [1.165, 1.54) is 0 Å². The summed E-state index contributed by atoms with van der Waals surface area (Å²) in [5, 5.41) is 2.93. The normalized spacial score (nSPS) is 13.8. The maximum atomic E-state index is 11.9. The number of nitrogens with one attached hydrogen (secondary N) is 1. The van der Waals surface area contributed by atoms with Crippen LogP contribution in [0.1, 0.15) is 47.0 Å². The van der Waals surface area contributed by atoms with Gasteiger partial charge in [-0.05, 0) is 33.2 Å². The van der Waals surface area contributed by atoms with E-state index in [9.17, 15) is 4.79 Å². The molecular weight excluding hydrogens is 214 g/mol. The Balaban J connectivity index is 4.01. The molecule has 0 saturated heterocycles. The van der Waals surface area contributed by atoms with E-state index in [0.717, 1.165) is 13.0 Å². The molecule has 0 bridgehead atoms. The van der Waals surface area contributed by atoms with Gasteiger partial charge in [0.1, 0.15) is 0 Å². The second kappa shape index (κ2) is 7.67. The van der Waals surface area contributed by atoms with Crippen LogP contribution in [-0.4, -0.2) is 42.5 Å². The van der Waals surface area contributed by atoms with E-state index < -0.39 is 5.54 Å². The molecule has 0 radical (unpaired) electrons. The van der Waals surface area contributed by atoms with Crippen LogP contribution >= 0.6 is 0 Å². The van der Waals surface area contributed by atoms with Crippen molar-refractivity contribution in [1.82, 2.24) is 10.2 Å². The number of nitrogens with zero attached hydrogens (tertiary/aromatic N) is 1. The van der Waals surface area contributed by atoms with Crippen LogP contribution in [0.5, 0.6) is 0 Å². The van der Waals surface area contributed by atoms with Crippen LogP contribution in [0.15, 0.2) is 0 Å². The van der Waals surface area contributed by atoms with Crippen molar-refractivity contribution in [2.24, 2.45) is 5.73 Å². The van der Waals surface area contributed by atoms with E-state index in [-0.39, 0.29) is 5.91 Å². The number of hydrogen-bond acceptors (Lipinski definition) is 3. The Morgan fingerprint density at radius 2 is 1.88 bits per heavy atom. The van der Waals surface area contributed by atoms with Gasteiger partial charge in [-0.1, -0.05) is 20.8 Å². The first kappa shape index (κ1) is 16.4. The van der Waals surface area contributed by atoms with E-state index in [4.69, 9.17) is 5.73 Å².